The molecular formula is C17H26N2O2. The molecule has 0 radical (unpaired) electrons. The van der Waals surface area contributed by atoms with E-state index in [0.717, 1.165) is 13.1 Å². The molecule has 21 heavy (non-hydrogen) atoms. The average Bonchev–Trinajstić information content (AvgIpc) is 2.46. The first-order valence-corrected chi connectivity index (χ1v) is 8.08. The fraction of sp³-hybridized carbons (Fsp3) is 0.647. The van der Waals surface area contributed by atoms with Crippen LogP contribution in [0.1, 0.15) is 44.7 Å². The molecule has 0 aromatic heterocycles. The van der Waals surface area contributed by atoms with E-state index < -0.39 is 0 Å². The minimum Gasteiger partial charge on any atom is -0.507 e. The summed E-state index contributed by atoms with van der Waals surface area (Å²) in [5.74, 6) is 0.390. The standard InChI is InChI=1S/C17H26N2O2/c1-12-10-18-9-4-3-6-14(18)11-19(12)13(2)17-15(20)7-5-8-16(17)21/h5,7-8,12-14,20-21H,3-4,6,9-11H2,1-2H3. The third-order valence-corrected chi connectivity index (χ3v) is 5.21. The maximum atomic E-state index is 10.1. The first-order chi connectivity index (χ1) is 10.1. The van der Waals surface area contributed by atoms with Crippen molar-refractivity contribution in [1.29, 1.82) is 0 Å². The Hall–Kier alpha value is -1.26. The number of fused-ring (bicyclic) bond motifs is 1. The first kappa shape index (κ1) is 14.7. The van der Waals surface area contributed by atoms with E-state index >= 15 is 0 Å². The summed E-state index contributed by atoms with van der Waals surface area (Å²) in [4.78, 5) is 5.04. The Morgan fingerprint density at radius 2 is 1.86 bits per heavy atom. The fourth-order valence-corrected chi connectivity index (χ4v) is 4.05. The summed E-state index contributed by atoms with van der Waals surface area (Å²) >= 11 is 0. The van der Waals surface area contributed by atoms with Crippen molar-refractivity contribution in [3.63, 3.8) is 0 Å². The molecule has 0 aliphatic carbocycles. The molecule has 0 saturated carbocycles. The molecule has 3 rings (SSSR count). The Kier molecular flexibility index (Phi) is 4.09. The third kappa shape index (κ3) is 2.74. The summed E-state index contributed by atoms with van der Waals surface area (Å²) in [6.07, 6.45) is 3.90. The highest BCUT2D eigenvalue weighted by atomic mass is 16.3. The van der Waals surface area contributed by atoms with Crippen LogP contribution in [-0.4, -0.2) is 51.7 Å². The molecular weight excluding hydrogens is 264 g/mol. The van der Waals surface area contributed by atoms with E-state index in [1.807, 2.05) is 0 Å². The Labute approximate surface area is 127 Å². The van der Waals surface area contributed by atoms with Gasteiger partial charge in [0.05, 0.1) is 5.56 Å². The van der Waals surface area contributed by atoms with Gasteiger partial charge < -0.3 is 10.2 Å². The molecule has 3 unspecified atom stereocenters. The van der Waals surface area contributed by atoms with Crippen molar-refractivity contribution in [3.05, 3.63) is 23.8 Å². The molecule has 116 valence electrons. The number of aromatic hydroxyl groups is 2. The second kappa shape index (κ2) is 5.85. The van der Waals surface area contributed by atoms with Crippen molar-refractivity contribution >= 4 is 0 Å². The lowest BCUT2D eigenvalue weighted by molar-refractivity contribution is -0.00542. The van der Waals surface area contributed by atoms with Crippen LogP contribution in [0.4, 0.5) is 0 Å². The van der Waals surface area contributed by atoms with E-state index in [0.29, 0.717) is 17.6 Å². The summed E-state index contributed by atoms with van der Waals surface area (Å²) < 4.78 is 0. The molecule has 4 heteroatoms. The normalized spacial score (nSPS) is 29.0. The SMILES string of the molecule is CC1CN2CCCCC2CN1C(C)c1c(O)cccc1O. The molecule has 0 spiro atoms. The molecule has 2 N–H and O–H groups in total. The van der Waals surface area contributed by atoms with Gasteiger partial charge in [-0.3, -0.25) is 9.80 Å². The number of rotatable bonds is 2. The molecule has 2 aliphatic heterocycles. The minimum absolute atomic E-state index is 0.0327. The van der Waals surface area contributed by atoms with Crippen molar-refractivity contribution in [2.45, 2.75) is 51.2 Å². The van der Waals surface area contributed by atoms with Crippen LogP contribution in [0.5, 0.6) is 11.5 Å². The second-order valence-electron chi connectivity index (χ2n) is 6.58. The van der Waals surface area contributed by atoms with Crippen LogP contribution < -0.4 is 0 Å². The van der Waals surface area contributed by atoms with E-state index in [1.165, 1.54) is 25.8 Å². The van der Waals surface area contributed by atoms with Gasteiger partial charge in [-0.2, -0.15) is 0 Å². The largest absolute Gasteiger partial charge is 0.507 e. The zero-order valence-electron chi connectivity index (χ0n) is 13.0. The summed E-state index contributed by atoms with van der Waals surface area (Å²) in [5, 5.41) is 20.2. The van der Waals surface area contributed by atoms with Gasteiger partial charge in [-0.1, -0.05) is 12.5 Å². The van der Waals surface area contributed by atoms with E-state index in [9.17, 15) is 10.2 Å². The van der Waals surface area contributed by atoms with Crippen LogP contribution in [0, 0.1) is 0 Å². The van der Waals surface area contributed by atoms with E-state index in [-0.39, 0.29) is 17.5 Å². The van der Waals surface area contributed by atoms with Gasteiger partial charge in [-0.15, -0.1) is 0 Å². The summed E-state index contributed by atoms with van der Waals surface area (Å²) in [6, 6.07) is 6.10. The van der Waals surface area contributed by atoms with Crippen LogP contribution in [0.3, 0.4) is 0 Å². The predicted molar refractivity (Wildman–Crippen MR) is 83.6 cm³/mol. The lowest BCUT2D eigenvalue weighted by Crippen LogP contribution is -2.58. The topological polar surface area (TPSA) is 46.9 Å². The molecule has 2 fully saturated rings. The summed E-state index contributed by atoms with van der Waals surface area (Å²) in [6.45, 7) is 7.67. The van der Waals surface area contributed by atoms with Crippen LogP contribution in [0.25, 0.3) is 0 Å². The Morgan fingerprint density at radius 3 is 2.57 bits per heavy atom. The quantitative estimate of drug-likeness (QED) is 0.879. The number of nitrogens with zero attached hydrogens (tertiary/aromatic N) is 2. The molecule has 0 amide bonds. The summed E-state index contributed by atoms with van der Waals surface area (Å²) in [7, 11) is 0. The number of hydrogen-bond acceptors (Lipinski definition) is 4. The minimum atomic E-state index is 0.0327. The molecule has 4 nitrogen and oxygen atoms in total. The lowest BCUT2D eigenvalue weighted by atomic mass is 9.94. The van der Waals surface area contributed by atoms with E-state index in [4.69, 9.17) is 0 Å². The maximum Gasteiger partial charge on any atom is 0.124 e. The van der Waals surface area contributed by atoms with E-state index in [1.54, 1.807) is 18.2 Å². The van der Waals surface area contributed by atoms with Crippen molar-refractivity contribution < 1.29 is 10.2 Å². The molecule has 0 bridgehead atoms. The zero-order chi connectivity index (χ0) is 15.0. The predicted octanol–water partition coefficient (Wildman–Crippen LogP) is 2.72. The third-order valence-electron chi connectivity index (χ3n) is 5.21. The van der Waals surface area contributed by atoms with Gasteiger partial charge in [0.2, 0.25) is 0 Å². The first-order valence-electron chi connectivity index (χ1n) is 8.08. The molecule has 2 saturated heterocycles. The lowest BCUT2D eigenvalue weighted by Gasteiger charge is -2.49. The highest BCUT2D eigenvalue weighted by Crippen LogP contribution is 2.38. The summed E-state index contributed by atoms with van der Waals surface area (Å²) in [5.41, 5.74) is 0.661. The van der Waals surface area contributed by atoms with Crippen LogP contribution >= 0.6 is 0 Å². The Balaban J connectivity index is 1.82. The van der Waals surface area contributed by atoms with E-state index in [2.05, 4.69) is 23.6 Å². The van der Waals surface area contributed by atoms with Crippen molar-refractivity contribution in [2.24, 2.45) is 0 Å². The van der Waals surface area contributed by atoms with Gasteiger partial charge in [0.15, 0.2) is 0 Å². The van der Waals surface area contributed by atoms with Crippen molar-refractivity contribution in [3.8, 4) is 11.5 Å². The Bertz CT molecular complexity index is 485. The fourth-order valence-electron chi connectivity index (χ4n) is 4.05. The number of phenols is 2. The van der Waals surface area contributed by atoms with Gasteiger partial charge in [0.25, 0.3) is 0 Å². The highest BCUT2D eigenvalue weighted by Gasteiger charge is 2.36. The van der Waals surface area contributed by atoms with Crippen LogP contribution in [-0.2, 0) is 0 Å². The molecule has 1 aromatic carbocycles. The number of phenolic OH excluding ortho intramolecular Hbond substituents is 2. The average molecular weight is 290 g/mol. The van der Waals surface area contributed by atoms with Crippen molar-refractivity contribution in [1.82, 2.24) is 9.80 Å². The van der Waals surface area contributed by atoms with Gasteiger partial charge in [0.1, 0.15) is 11.5 Å². The second-order valence-corrected chi connectivity index (χ2v) is 6.58. The smallest absolute Gasteiger partial charge is 0.124 e. The van der Waals surface area contributed by atoms with Gasteiger partial charge >= 0.3 is 0 Å². The number of benzene rings is 1. The molecule has 2 heterocycles. The molecule has 1 aromatic rings. The maximum absolute atomic E-state index is 10.1. The molecule has 3 atom stereocenters. The molecule has 2 aliphatic rings. The number of piperazine rings is 1. The Morgan fingerprint density at radius 1 is 1.14 bits per heavy atom. The number of piperidine rings is 1. The zero-order valence-corrected chi connectivity index (χ0v) is 13.0. The van der Waals surface area contributed by atoms with Gasteiger partial charge in [-0.25, -0.2) is 0 Å². The van der Waals surface area contributed by atoms with Crippen molar-refractivity contribution in [2.75, 3.05) is 19.6 Å². The number of hydrogen-bond donors (Lipinski definition) is 2. The van der Waals surface area contributed by atoms with Gasteiger partial charge in [-0.05, 0) is 45.4 Å². The van der Waals surface area contributed by atoms with Crippen LogP contribution in [0.2, 0.25) is 0 Å². The van der Waals surface area contributed by atoms with Crippen LogP contribution in [0.15, 0.2) is 18.2 Å². The monoisotopic (exact) mass is 290 g/mol. The van der Waals surface area contributed by atoms with Gasteiger partial charge in [0, 0.05) is 31.2 Å². The highest BCUT2D eigenvalue weighted by molar-refractivity contribution is 5.45.